The average Bonchev–Trinajstić information content (AvgIpc) is 3.98. The molecule has 4 aliphatic rings. The van der Waals surface area contributed by atoms with Crippen LogP contribution in [0.3, 0.4) is 0 Å². The van der Waals surface area contributed by atoms with Crippen molar-refractivity contribution in [3.05, 3.63) is 47.0 Å². The highest BCUT2D eigenvalue weighted by Crippen LogP contribution is 2.60. The number of thioether (sulfide) groups is 1. The second kappa shape index (κ2) is 19.2. The first-order chi connectivity index (χ1) is 31.4. The molecule has 3 saturated carbocycles. The maximum absolute atomic E-state index is 14.6. The lowest BCUT2D eigenvalue weighted by atomic mass is 9.61. The van der Waals surface area contributed by atoms with Crippen LogP contribution in [-0.4, -0.2) is 83.2 Å². The van der Waals surface area contributed by atoms with Crippen LogP contribution in [0.4, 0.5) is 13.2 Å². The number of carbonyl (C=O) groups excluding carboxylic acids is 5. The summed E-state index contributed by atoms with van der Waals surface area (Å²) < 4.78 is 84.8. The molecule has 1 aliphatic heterocycles. The molecule has 0 saturated heterocycles. The zero-order valence-corrected chi connectivity index (χ0v) is 41.8. The van der Waals surface area contributed by atoms with Crippen LogP contribution in [0.5, 0.6) is 0 Å². The largest absolute Gasteiger partial charge is 0.525 e. The van der Waals surface area contributed by atoms with Gasteiger partial charge in [-0.05, 0) is 159 Å². The number of nitrogens with zero attached hydrogens (tertiary/aromatic N) is 1. The van der Waals surface area contributed by atoms with Crippen LogP contribution in [0, 0.1) is 45.3 Å². The van der Waals surface area contributed by atoms with Gasteiger partial charge in [0.2, 0.25) is 0 Å². The van der Waals surface area contributed by atoms with E-state index in [1.54, 1.807) is 54.5 Å². The molecule has 9 unspecified atom stereocenters. The average molecular weight is 996 g/mol. The summed E-state index contributed by atoms with van der Waals surface area (Å²) in [6.45, 7) is 15.3. The van der Waals surface area contributed by atoms with Crippen molar-refractivity contribution in [2.45, 2.75) is 150 Å². The molecule has 2 bridgehead atoms. The molecule has 1 heterocycles. The van der Waals surface area contributed by atoms with Crippen LogP contribution >= 0.6 is 11.8 Å². The third-order valence-electron chi connectivity index (χ3n) is 15.1. The maximum atomic E-state index is 14.6. The number of rotatable bonds is 20. The molecule has 14 nitrogen and oxygen atoms in total. The van der Waals surface area contributed by atoms with Crippen LogP contribution in [0.2, 0.25) is 0 Å². The van der Waals surface area contributed by atoms with E-state index in [4.69, 9.17) is 14.2 Å². The van der Waals surface area contributed by atoms with Crippen LogP contribution in [0.15, 0.2) is 30.3 Å². The Morgan fingerprint density at radius 2 is 1.35 bits per heavy atom. The summed E-state index contributed by atoms with van der Waals surface area (Å²) in [6, 6.07) is 7.02. The third-order valence-corrected chi connectivity index (χ3v) is 16.8. The summed E-state index contributed by atoms with van der Waals surface area (Å²) in [5.41, 5.74) is -12.4. The summed E-state index contributed by atoms with van der Waals surface area (Å²) in [6.07, 6.45) is 5.41. The number of hydroxylamine groups is 2. The molecule has 0 spiro atoms. The first kappa shape index (κ1) is 53.1. The van der Waals surface area contributed by atoms with Gasteiger partial charge >= 0.3 is 39.5 Å². The Morgan fingerprint density at radius 1 is 0.765 bits per heavy atom. The minimum absolute atomic E-state index is 0.101. The highest BCUT2D eigenvalue weighted by atomic mass is 32.2. The fraction of sp³-hybridized carbons (Fsp3) is 0.673. The molecule has 2 aromatic rings. The van der Waals surface area contributed by atoms with Gasteiger partial charge < -0.3 is 19.3 Å². The quantitative estimate of drug-likeness (QED) is 0.0329. The van der Waals surface area contributed by atoms with Crippen molar-refractivity contribution in [1.82, 2.24) is 5.06 Å². The molecule has 0 radical (unpaired) electrons. The number of esters is 3. The lowest BCUT2D eigenvalue weighted by Gasteiger charge is -2.43. The zero-order chi connectivity index (χ0) is 50.6. The van der Waals surface area contributed by atoms with Crippen LogP contribution < -0.4 is 0 Å². The molecule has 3 aliphatic carbocycles. The van der Waals surface area contributed by atoms with E-state index in [0.717, 1.165) is 19.3 Å². The maximum Gasteiger partial charge on any atom is 0.525 e. The number of hydrogen-bond donors (Lipinski definition) is 1. The van der Waals surface area contributed by atoms with Gasteiger partial charge in [-0.1, -0.05) is 38.5 Å². The number of halogens is 3. The Morgan fingerprint density at radius 3 is 1.96 bits per heavy atom. The summed E-state index contributed by atoms with van der Waals surface area (Å²) in [7, 11) is -6.35. The molecular weight excluding hydrogens is 932 g/mol. The van der Waals surface area contributed by atoms with E-state index in [-0.39, 0.29) is 67.1 Å². The van der Waals surface area contributed by atoms with E-state index < -0.39 is 83.6 Å². The van der Waals surface area contributed by atoms with Crippen molar-refractivity contribution in [3.63, 3.8) is 0 Å². The first-order valence-corrected chi connectivity index (χ1v) is 25.9. The standard InChI is InChI=1S/C49H64F3NO13S2/c1-10-45(6,42(59)64-36-23-29-22-35(36)32-16-12-14-30(29)32)25-48(9,26-47(8,40(56)57)24-46(7,11-2)43(60)65-44(3,4)5)41(58)63-27-67-21-20-28-18-19-34-37-31(28)15-13-17-33(37)38(54)53(39(34)55)66-68(61,62)49(50,51)52/h13,15,17-19,29-30,32,35-36H,10-12,14,16,20-27H2,1-9H3,(H,56,57). The summed E-state index contributed by atoms with van der Waals surface area (Å²) in [5, 5.41) is 11.0. The van der Waals surface area contributed by atoms with Gasteiger partial charge in [-0.25, -0.2) is 0 Å². The summed E-state index contributed by atoms with van der Waals surface area (Å²) in [4.78, 5) is 82.4. The minimum atomic E-state index is -6.35. The number of carbonyl (C=O) groups is 6. The molecular formula is C49H64F3NO13S2. The highest BCUT2D eigenvalue weighted by molar-refractivity contribution is 7.99. The summed E-state index contributed by atoms with van der Waals surface area (Å²) >= 11 is 1.20. The Kier molecular flexibility index (Phi) is 15.0. The first-order valence-electron chi connectivity index (χ1n) is 23.3. The van der Waals surface area contributed by atoms with Gasteiger partial charge in [-0.2, -0.15) is 21.6 Å². The van der Waals surface area contributed by atoms with Crippen molar-refractivity contribution in [3.8, 4) is 0 Å². The molecule has 19 heteroatoms. The predicted molar refractivity (Wildman–Crippen MR) is 245 cm³/mol. The van der Waals surface area contributed by atoms with Gasteiger partial charge in [0, 0.05) is 11.1 Å². The minimum Gasteiger partial charge on any atom is -0.481 e. The topological polar surface area (TPSA) is 197 Å². The van der Waals surface area contributed by atoms with Gasteiger partial charge in [0.25, 0.3) is 11.8 Å². The van der Waals surface area contributed by atoms with Crippen LogP contribution in [-0.2, 0) is 54.2 Å². The van der Waals surface area contributed by atoms with Gasteiger partial charge in [0.1, 0.15) is 17.6 Å². The second-order valence-electron chi connectivity index (χ2n) is 21.5. The van der Waals surface area contributed by atoms with Crippen molar-refractivity contribution in [1.29, 1.82) is 0 Å². The molecule has 68 heavy (non-hydrogen) atoms. The van der Waals surface area contributed by atoms with Gasteiger partial charge in [-0.3, -0.25) is 28.8 Å². The van der Waals surface area contributed by atoms with E-state index in [0.29, 0.717) is 40.4 Å². The van der Waals surface area contributed by atoms with Gasteiger partial charge in [-0.15, -0.1) is 21.1 Å². The van der Waals surface area contributed by atoms with Crippen molar-refractivity contribution in [2.24, 2.45) is 45.3 Å². The molecule has 9 atom stereocenters. The van der Waals surface area contributed by atoms with Crippen LogP contribution in [0.1, 0.15) is 153 Å². The third kappa shape index (κ3) is 10.4. The van der Waals surface area contributed by atoms with E-state index in [2.05, 4.69) is 4.28 Å². The molecule has 2 amide bonds. The number of fused-ring (bicyclic) bond motifs is 5. The predicted octanol–water partition coefficient (Wildman–Crippen LogP) is 9.80. The van der Waals surface area contributed by atoms with Crippen LogP contribution in [0.25, 0.3) is 10.8 Å². The number of hydrogen-bond acceptors (Lipinski definition) is 13. The lowest BCUT2D eigenvalue weighted by Crippen LogP contribution is -2.48. The van der Waals surface area contributed by atoms with E-state index in [1.807, 2.05) is 6.92 Å². The number of carboxylic acids is 1. The van der Waals surface area contributed by atoms with Gasteiger partial charge in [0.05, 0.1) is 32.8 Å². The van der Waals surface area contributed by atoms with Gasteiger partial charge in [0.15, 0.2) is 0 Å². The monoisotopic (exact) mass is 995 g/mol. The number of alkyl halides is 3. The number of aryl methyl sites for hydroxylation is 1. The molecule has 1 N–H and O–H groups in total. The van der Waals surface area contributed by atoms with E-state index in [9.17, 15) is 55.5 Å². The summed E-state index contributed by atoms with van der Waals surface area (Å²) in [5.74, 6) is -3.60. The number of amides is 2. The highest BCUT2D eigenvalue weighted by Gasteiger charge is 2.58. The molecule has 6 rings (SSSR count). The fourth-order valence-corrected chi connectivity index (χ4v) is 12.7. The van der Waals surface area contributed by atoms with Crippen molar-refractivity contribution in [2.75, 3.05) is 11.7 Å². The Labute approximate surface area is 400 Å². The second-order valence-corrected chi connectivity index (χ2v) is 24.0. The SMILES string of the molecule is CCC(C)(CC(C)(CC(C)(CC(C)(CC)C(=O)OC(C)(C)C)C(=O)O)C(=O)OCSCCc1ccc2c3c(cccc13)C(=O)N(OS(=O)(=O)C(F)(F)F)C2=O)C(=O)OC1CC2CC1C1CCCC21. The smallest absolute Gasteiger partial charge is 0.481 e. The fourth-order valence-electron chi connectivity index (χ4n) is 11.6. The normalized spacial score (nSPS) is 24.9. The number of imide groups is 1. The number of benzene rings is 2. The molecule has 376 valence electrons. The molecule has 3 fully saturated rings. The van der Waals surface area contributed by atoms with Crippen molar-refractivity contribution >= 4 is 68.3 Å². The molecule has 2 aromatic carbocycles. The Hall–Kier alpha value is -4.23. The number of ether oxygens (including phenoxy) is 3. The number of aliphatic carboxylic acids is 1. The number of carboxylic acid groups (broad SMARTS) is 1. The zero-order valence-electron chi connectivity index (χ0n) is 40.2. The Bertz CT molecular complexity index is 2430. The molecule has 0 aromatic heterocycles. The van der Waals surface area contributed by atoms with Crippen molar-refractivity contribution < 1.29 is 74.0 Å². The lowest BCUT2D eigenvalue weighted by molar-refractivity contribution is -0.174. The van der Waals surface area contributed by atoms with E-state index in [1.165, 1.54) is 55.8 Å². The Balaban J connectivity index is 1.20. The van der Waals surface area contributed by atoms with E-state index >= 15 is 0 Å².